The van der Waals surface area contributed by atoms with Crippen LogP contribution in [0.3, 0.4) is 0 Å². The topological polar surface area (TPSA) is 40.8 Å². The summed E-state index contributed by atoms with van der Waals surface area (Å²) in [5.41, 5.74) is 8.24. The highest BCUT2D eigenvalue weighted by atomic mass is 16.3. The average molecular weight is 384 g/mol. The molecule has 0 aliphatic carbocycles. The minimum atomic E-state index is 0.257. The van der Waals surface area contributed by atoms with Gasteiger partial charge in [0.15, 0.2) is 6.20 Å². The largest absolute Gasteiger partial charge is 0.455 e. The summed E-state index contributed by atoms with van der Waals surface area (Å²) in [6, 6.07) is 14.9. The van der Waals surface area contributed by atoms with E-state index in [0.717, 1.165) is 49.9 Å². The quantitative estimate of drug-likeness (QED) is 0.379. The van der Waals surface area contributed by atoms with Crippen molar-refractivity contribution < 1.29 is 8.98 Å². The van der Waals surface area contributed by atoms with Gasteiger partial charge in [-0.25, -0.2) is 4.57 Å². The molecule has 0 N–H and O–H groups in total. The second-order valence-corrected chi connectivity index (χ2v) is 8.48. The molecule has 2 heterocycles. The van der Waals surface area contributed by atoms with E-state index < -0.39 is 0 Å². The molecule has 0 radical (unpaired) electrons. The van der Waals surface area contributed by atoms with E-state index in [0.29, 0.717) is 0 Å². The Hall–Kier alpha value is -3.12. The normalized spacial score (nSPS) is 11.7. The third kappa shape index (κ3) is 2.91. The SMILES string of the molecule is Cc1ccc2c(oc3c(C(C)C)c(C(C)C)c(C#N)cc32)c1-c1cccc[n+]1C. The van der Waals surface area contributed by atoms with Crippen LogP contribution >= 0.6 is 0 Å². The lowest BCUT2D eigenvalue weighted by atomic mass is 9.85. The number of aryl methyl sites for hydroxylation is 2. The summed E-state index contributed by atoms with van der Waals surface area (Å²) in [7, 11) is 2.06. The van der Waals surface area contributed by atoms with Crippen molar-refractivity contribution in [1.29, 1.82) is 5.26 Å². The lowest BCUT2D eigenvalue weighted by Gasteiger charge is -2.18. The van der Waals surface area contributed by atoms with Gasteiger partial charge in [-0.3, -0.25) is 0 Å². The number of hydrogen-bond donors (Lipinski definition) is 0. The van der Waals surface area contributed by atoms with Crippen LogP contribution in [0.4, 0.5) is 0 Å². The van der Waals surface area contributed by atoms with E-state index in [4.69, 9.17) is 4.42 Å². The Balaban J connectivity index is 2.21. The van der Waals surface area contributed by atoms with Gasteiger partial charge in [-0.05, 0) is 42.0 Å². The maximum atomic E-state index is 9.87. The van der Waals surface area contributed by atoms with E-state index in [1.54, 1.807) is 0 Å². The van der Waals surface area contributed by atoms with E-state index in [1.807, 2.05) is 12.1 Å². The highest BCUT2D eigenvalue weighted by molar-refractivity contribution is 6.11. The molecule has 0 aliphatic rings. The van der Waals surface area contributed by atoms with E-state index in [9.17, 15) is 5.26 Å². The molecule has 0 bridgehead atoms. The van der Waals surface area contributed by atoms with E-state index in [-0.39, 0.29) is 11.8 Å². The molecule has 0 amide bonds. The Bertz CT molecular complexity index is 1290. The summed E-state index contributed by atoms with van der Waals surface area (Å²) in [4.78, 5) is 0. The number of furan rings is 1. The van der Waals surface area contributed by atoms with E-state index >= 15 is 0 Å². The van der Waals surface area contributed by atoms with Gasteiger partial charge in [-0.1, -0.05) is 39.8 Å². The van der Waals surface area contributed by atoms with E-state index in [1.165, 1.54) is 5.56 Å². The molecule has 0 spiro atoms. The highest BCUT2D eigenvalue weighted by Crippen LogP contribution is 2.43. The molecular weight excluding hydrogens is 356 g/mol. The monoisotopic (exact) mass is 383 g/mol. The lowest BCUT2D eigenvalue weighted by Crippen LogP contribution is -2.30. The zero-order valence-corrected chi connectivity index (χ0v) is 18.0. The Morgan fingerprint density at radius 2 is 1.66 bits per heavy atom. The number of hydrogen-bond acceptors (Lipinski definition) is 2. The molecular formula is C26H27N2O+. The summed E-state index contributed by atoms with van der Waals surface area (Å²) >= 11 is 0. The summed E-state index contributed by atoms with van der Waals surface area (Å²) in [6.07, 6.45) is 2.06. The van der Waals surface area contributed by atoms with Crippen molar-refractivity contribution in [1.82, 2.24) is 0 Å². The zero-order chi connectivity index (χ0) is 20.9. The van der Waals surface area contributed by atoms with Crippen molar-refractivity contribution in [2.24, 2.45) is 7.05 Å². The summed E-state index contributed by atoms with van der Waals surface area (Å²) < 4.78 is 8.76. The molecule has 4 aromatic rings. The van der Waals surface area contributed by atoms with Crippen LogP contribution in [0.2, 0.25) is 0 Å². The molecule has 2 aromatic carbocycles. The van der Waals surface area contributed by atoms with Crippen molar-refractivity contribution in [3.05, 3.63) is 64.8 Å². The van der Waals surface area contributed by atoms with Crippen LogP contribution in [0.1, 0.15) is 61.8 Å². The molecule has 0 saturated carbocycles. The fourth-order valence-corrected chi connectivity index (χ4v) is 4.50. The van der Waals surface area contributed by atoms with Gasteiger partial charge < -0.3 is 4.42 Å². The molecule has 146 valence electrons. The summed E-state index contributed by atoms with van der Waals surface area (Å²) in [5.74, 6) is 0.522. The van der Waals surface area contributed by atoms with Crippen LogP contribution in [-0.4, -0.2) is 0 Å². The van der Waals surface area contributed by atoms with Gasteiger partial charge in [-0.2, -0.15) is 5.26 Å². The van der Waals surface area contributed by atoms with Crippen LogP contribution in [0.5, 0.6) is 0 Å². The summed E-state index contributed by atoms with van der Waals surface area (Å²) in [6.45, 7) is 10.8. The third-order valence-electron chi connectivity index (χ3n) is 5.80. The van der Waals surface area contributed by atoms with Gasteiger partial charge in [-0.15, -0.1) is 0 Å². The maximum absolute atomic E-state index is 9.87. The molecule has 0 unspecified atom stereocenters. The average Bonchev–Trinajstić information content (AvgIpc) is 3.04. The molecule has 2 aromatic heterocycles. The molecule has 3 heteroatoms. The van der Waals surface area contributed by atoms with Crippen molar-refractivity contribution in [2.45, 2.75) is 46.5 Å². The molecule has 0 saturated heterocycles. The van der Waals surface area contributed by atoms with Gasteiger partial charge in [0.25, 0.3) is 0 Å². The standard InChI is InChI=1S/C26H27N2O/c1-15(2)22-18(14-27)13-20-19-11-10-17(5)24(21-9-7-8-12-28(21)6)25(19)29-26(20)23(22)16(3)4/h7-13,15-16H,1-6H3/q+1. The Labute approximate surface area is 172 Å². The van der Waals surface area contributed by atoms with Gasteiger partial charge in [0.1, 0.15) is 18.2 Å². The first-order valence-electron chi connectivity index (χ1n) is 10.2. The molecule has 3 nitrogen and oxygen atoms in total. The fourth-order valence-electron chi connectivity index (χ4n) is 4.50. The fraction of sp³-hybridized carbons (Fsp3) is 0.308. The Morgan fingerprint density at radius 1 is 0.931 bits per heavy atom. The smallest absolute Gasteiger partial charge is 0.216 e. The van der Waals surface area contributed by atoms with Gasteiger partial charge in [0.2, 0.25) is 5.69 Å². The number of fused-ring (bicyclic) bond motifs is 3. The minimum Gasteiger partial charge on any atom is -0.455 e. The van der Waals surface area contributed by atoms with E-state index in [2.05, 4.69) is 82.8 Å². The van der Waals surface area contributed by atoms with Crippen LogP contribution in [0.15, 0.2) is 47.0 Å². The second-order valence-electron chi connectivity index (χ2n) is 8.48. The second kappa shape index (κ2) is 7.04. The van der Waals surface area contributed by atoms with Gasteiger partial charge >= 0.3 is 0 Å². The Morgan fingerprint density at radius 3 is 2.28 bits per heavy atom. The number of nitriles is 1. The minimum absolute atomic E-state index is 0.257. The van der Waals surface area contributed by atoms with Crippen LogP contribution in [0.25, 0.3) is 33.2 Å². The van der Waals surface area contributed by atoms with Crippen molar-refractivity contribution >= 4 is 21.9 Å². The molecule has 0 atom stereocenters. The molecule has 4 rings (SSSR count). The zero-order valence-electron chi connectivity index (χ0n) is 18.0. The first kappa shape index (κ1) is 19.2. The number of pyridine rings is 1. The van der Waals surface area contributed by atoms with Crippen molar-refractivity contribution in [2.75, 3.05) is 0 Å². The number of benzene rings is 2. The molecule has 29 heavy (non-hydrogen) atoms. The first-order chi connectivity index (χ1) is 13.8. The van der Waals surface area contributed by atoms with Crippen LogP contribution in [-0.2, 0) is 7.05 Å². The highest BCUT2D eigenvalue weighted by Gasteiger charge is 2.25. The predicted molar refractivity (Wildman–Crippen MR) is 118 cm³/mol. The van der Waals surface area contributed by atoms with Crippen LogP contribution < -0.4 is 4.57 Å². The maximum Gasteiger partial charge on any atom is 0.216 e. The molecule has 0 fully saturated rings. The predicted octanol–water partition coefficient (Wildman–Crippen LogP) is 6.50. The lowest BCUT2D eigenvalue weighted by molar-refractivity contribution is -0.660. The Kier molecular flexibility index (Phi) is 4.67. The first-order valence-corrected chi connectivity index (χ1v) is 10.2. The van der Waals surface area contributed by atoms with Crippen molar-refractivity contribution in [3.8, 4) is 17.3 Å². The van der Waals surface area contributed by atoms with Gasteiger partial charge in [0, 0.05) is 28.5 Å². The number of nitrogens with zero attached hydrogens (tertiary/aromatic N) is 2. The van der Waals surface area contributed by atoms with Crippen molar-refractivity contribution in [3.63, 3.8) is 0 Å². The molecule has 0 aliphatic heterocycles. The third-order valence-corrected chi connectivity index (χ3v) is 5.80. The van der Waals surface area contributed by atoms with Gasteiger partial charge in [0.05, 0.1) is 17.2 Å². The number of aromatic nitrogens is 1. The summed E-state index contributed by atoms with van der Waals surface area (Å²) in [5, 5.41) is 12.0. The number of rotatable bonds is 3. The van der Waals surface area contributed by atoms with Crippen LogP contribution in [0, 0.1) is 18.3 Å².